The van der Waals surface area contributed by atoms with Crippen molar-refractivity contribution >= 4 is 34.7 Å². The van der Waals surface area contributed by atoms with Crippen LogP contribution in [-0.4, -0.2) is 42.3 Å². The number of carbonyl (C=O) groups is 2. The van der Waals surface area contributed by atoms with E-state index in [0.717, 1.165) is 58.5 Å². The summed E-state index contributed by atoms with van der Waals surface area (Å²) in [5.74, 6) is 1.12. The molecule has 0 unspecified atom stereocenters. The number of amides is 2. The van der Waals surface area contributed by atoms with Gasteiger partial charge in [0.1, 0.15) is 24.7 Å². The Morgan fingerprint density at radius 3 is 2.39 bits per heavy atom. The van der Waals surface area contributed by atoms with Crippen molar-refractivity contribution in [3.05, 3.63) is 93.9 Å². The summed E-state index contributed by atoms with van der Waals surface area (Å²) in [5.41, 5.74) is 4.97. The van der Waals surface area contributed by atoms with Gasteiger partial charge in [0.05, 0.1) is 11.4 Å². The van der Waals surface area contributed by atoms with Gasteiger partial charge in [-0.3, -0.25) is 14.5 Å². The Balaban J connectivity index is 1.51. The van der Waals surface area contributed by atoms with Gasteiger partial charge in [0.25, 0.3) is 11.1 Å². The minimum Gasteiger partial charge on any atom is -0.491 e. The molecule has 7 heteroatoms. The number of hydrogen-bond acceptors (Lipinski definition) is 6. The number of hydrogen-bond donors (Lipinski definition) is 0. The number of ether oxygens (including phenoxy) is 2. The summed E-state index contributed by atoms with van der Waals surface area (Å²) in [6.07, 6.45) is 1.75. The van der Waals surface area contributed by atoms with Crippen LogP contribution in [0.25, 0.3) is 6.08 Å². The van der Waals surface area contributed by atoms with Crippen molar-refractivity contribution in [2.75, 3.05) is 31.1 Å². The minimum atomic E-state index is -0.314. The van der Waals surface area contributed by atoms with E-state index in [1.165, 1.54) is 4.90 Å². The molecule has 38 heavy (non-hydrogen) atoms. The standard InChI is InChI=1S/C31H34N2O4S/c1-5-32(6-2)26-15-14-25(28(20-26)37-21-24-10-8-7-9-11-24)19-29-30(34)33(31(35)38-29)16-17-36-27-18-22(3)12-13-23(27)4/h7-15,18-20H,5-6,16-17,21H2,1-4H3/b29-19-. The summed E-state index contributed by atoms with van der Waals surface area (Å²) < 4.78 is 12.1. The first-order valence-corrected chi connectivity index (χ1v) is 13.7. The lowest BCUT2D eigenvalue weighted by Gasteiger charge is -2.22. The maximum atomic E-state index is 13.2. The van der Waals surface area contributed by atoms with Gasteiger partial charge in [-0.2, -0.15) is 0 Å². The van der Waals surface area contributed by atoms with Gasteiger partial charge in [-0.05, 0) is 80.4 Å². The summed E-state index contributed by atoms with van der Waals surface area (Å²) >= 11 is 0.948. The second-order valence-corrected chi connectivity index (χ2v) is 10.1. The number of anilines is 1. The van der Waals surface area contributed by atoms with Gasteiger partial charge in [-0.15, -0.1) is 0 Å². The molecule has 4 rings (SSSR count). The molecule has 0 aromatic heterocycles. The molecule has 0 N–H and O–H groups in total. The smallest absolute Gasteiger partial charge is 0.293 e. The Bertz CT molecular complexity index is 1320. The Hall–Kier alpha value is -3.71. The van der Waals surface area contributed by atoms with Crippen LogP contribution < -0.4 is 14.4 Å². The number of rotatable bonds is 11. The Morgan fingerprint density at radius 2 is 1.66 bits per heavy atom. The predicted octanol–water partition coefficient (Wildman–Crippen LogP) is 6.84. The number of aryl methyl sites for hydroxylation is 2. The van der Waals surface area contributed by atoms with Crippen molar-refractivity contribution in [1.29, 1.82) is 0 Å². The second kappa shape index (κ2) is 12.7. The van der Waals surface area contributed by atoms with E-state index in [2.05, 4.69) is 18.7 Å². The quantitative estimate of drug-likeness (QED) is 0.253. The van der Waals surface area contributed by atoms with Crippen LogP contribution in [0.4, 0.5) is 10.5 Å². The van der Waals surface area contributed by atoms with E-state index in [0.29, 0.717) is 17.3 Å². The molecule has 0 saturated carbocycles. The van der Waals surface area contributed by atoms with Crippen molar-refractivity contribution in [1.82, 2.24) is 4.90 Å². The molecule has 3 aromatic carbocycles. The summed E-state index contributed by atoms with van der Waals surface area (Å²) in [5, 5.41) is -0.294. The number of benzene rings is 3. The summed E-state index contributed by atoms with van der Waals surface area (Å²) in [7, 11) is 0. The molecule has 6 nitrogen and oxygen atoms in total. The summed E-state index contributed by atoms with van der Waals surface area (Å²) in [6.45, 7) is 10.8. The highest BCUT2D eigenvalue weighted by Crippen LogP contribution is 2.35. The molecule has 0 aliphatic carbocycles. The normalized spacial score (nSPS) is 14.3. The van der Waals surface area contributed by atoms with Gasteiger partial charge in [0.2, 0.25) is 0 Å². The number of carbonyl (C=O) groups excluding carboxylic acids is 2. The first-order chi connectivity index (χ1) is 18.4. The van der Waals surface area contributed by atoms with Crippen LogP contribution in [0.3, 0.4) is 0 Å². The van der Waals surface area contributed by atoms with Gasteiger partial charge in [0, 0.05) is 30.4 Å². The molecule has 0 spiro atoms. The Labute approximate surface area is 229 Å². The number of thioether (sulfide) groups is 1. The van der Waals surface area contributed by atoms with E-state index >= 15 is 0 Å². The minimum absolute atomic E-state index is 0.188. The fourth-order valence-electron chi connectivity index (χ4n) is 4.23. The zero-order valence-corrected chi connectivity index (χ0v) is 23.2. The van der Waals surface area contributed by atoms with E-state index in [1.54, 1.807) is 6.08 Å². The van der Waals surface area contributed by atoms with E-state index in [1.807, 2.05) is 80.6 Å². The summed E-state index contributed by atoms with van der Waals surface area (Å²) in [6, 6.07) is 21.9. The summed E-state index contributed by atoms with van der Waals surface area (Å²) in [4.78, 5) is 29.7. The van der Waals surface area contributed by atoms with Crippen molar-refractivity contribution < 1.29 is 19.1 Å². The third kappa shape index (κ3) is 6.58. The molecule has 1 aliphatic heterocycles. The van der Waals surface area contributed by atoms with Crippen LogP contribution in [0, 0.1) is 13.8 Å². The van der Waals surface area contributed by atoms with Crippen LogP contribution in [-0.2, 0) is 11.4 Å². The molecule has 1 aliphatic rings. The molecule has 0 bridgehead atoms. The van der Waals surface area contributed by atoms with Crippen LogP contribution in [0.5, 0.6) is 11.5 Å². The van der Waals surface area contributed by atoms with Gasteiger partial charge in [0.15, 0.2) is 0 Å². The number of nitrogens with zero attached hydrogens (tertiary/aromatic N) is 2. The predicted molar refractivity (Wildman–Crippen MR) is 155 cm³/mol. The average molecular weight is 531 g/mol. The van der Waals surface area contributed by atoms with Gasteiger partial charge >= 0.3 is 0 Å². The van der Waals surface area contributed by atoms with Crippen molar-refractivity contribution in [3.63, 3.8) is 0 Å². The molecule has 1 heterocycles. The van der Waals surface area contributed by atoms with Crippen LogP contribution >= 0.6 is 11.8 Å². The molecule has 3 aromatic rings. The van der Waals surface area contributed by atoms with Crippen LogP contribution in [0.1, 0.15) is 36.1 Å². The van der Waals surface area contributed by atoms with E-state index < -0.39 is 0 Å². The van der Waals surface area contributed by atoms with E-state index in [4.69, 9.17) is 9.47 Å². The maximum absolute atomic E-state index is 13.2. The lowest BCUT2D eigenvalue weighted by atomic mass is 10.1. The van der Waals surface area contributed by atoms with Gasteiger partial charge in [-0.1, -0.05) is 42.5 Å². The van der Waals surface area contributed by atoms with Crippen molar-refractivity contribution in [2.24, 2.45) is 0 Å². The molecular formula is C31H34N2O4S. The maximum Gasteiger partial charge on any atom is 0.293 e. The van der Waals surface area contributed by atoms with Crippen LogP contribution in [0.15, 0.2) is 71.6 Å². The molecule has 2 amide bonds. The molecule has 1 saturated heterocycles. The topological polar surface area (TPSA) is 59.1 Å². The number of imide groups is 1. The van der Waals surface area contributed by atoms with Crippen molar-refractivity contribution in [3.8, 4) is 11.5 Å². The van der Waals surface area contributed by atoms with E-state index in [-0.39, 0.29) is 24.3 Å². The van der Waals surface area contributed by atoms with Crippen LogP contribution in [0.2, 0.25) is 0 Å². The Kier molecular flexibility index (Phi) is 9.13. The van der Waals surface area contributed by atoms with Gasteiger partial charge in [-0.25, -0.2) is 0 Å². The molecule has 1 fully saturated rings. The highest BCUT2D eigenvalue weighted by Gasteiger charge is 2.35. The van der Waals surface area contributed by atoms with E-state index in [9.17, 15) is 9.59 Å². The van der Waals surface area contributed by atoms with Crippen molar-refractivity contribution in [2.45, 2.75) is 34.3 Å². The zero-order chi connectivity index (χ0) is 27.1. The monoisotopic (exact) mass is 530 g/mol. The third-order valence-electron chi connectivity index (χ3n) is 6.44. The lowest BCUT2D eigenvalue weighted by Crippen LogP contribution is -2.32. The fourth-order valence-corrected chi connectivity index (χ4v) is 5.09. The first-order valence-electron chi connectivity index (χ1n) is 12.9. The first kappa shape index (κ1) is 27.3. The largest absolute Gasteiger partial charge is 0.491 e. The molecule has 0 atom stereocenters. The zero-order valence-electron chi connectivity index (χ0n) is 22.4. The van der Waals surface area contributed by atoms with Gasteiger partial charge < -0.3 is 14.4 Å². The highest BCUT2D eigenvalue weighted by molar-refractivity contribution is 8.18. The molecule has 198 valence electrons. The SMILES string of the molecule is CCN(CC)c1ccc(/C=C2\SC(=O)N(CCOc3cc(C)ccc3C)C2=O)c(OCc2ccccc2)c1. The third-order valence-corrected chi connectivity index (χ3v) is 7.35. The Morgan fingerprint density at radius 1 is 0.895 bits per heavy atom. The fraction of sp³-hybridized carbons (Fsp3) is 0.290. The lowest BCUT2D eigenvalue weighted by molar-refractivity contribution is -0.123. The average Bonchev–Trinajstić information content (AvgIpc) is 3.19. The molecule has 0 radical (unpaired) electrons. The highest BCUT2D eigenvalue weighted by atomic mass is 32.2. The molecular weight excluding hydrogens is 496 g/mol. The second-order valence-electron chi connectivity index (χ2n) is 9.12.